The van der Waals surface area contributed by atoms with Crippen LogP contribution in [0.1, 0.15) is 95.6 Å². The van der Waals surface area contributed by atoms with E-state index < -0.39 is 28.9 Å². The normalized spacial score (nSPS) is 19.1. The maximum absolute atomic E-state index is 13.7. The Morgan fingerprint density at radius 2 is 1.67 bits per heavy atom. The van der Waals surface area contributed by atoms with Crippen LogP contribution in [-0.4, -0.2) is 30.9 Å². The molecule has 0 radical (unpaired) electrons. The Morgan fingerprint density at radius 3 is 2.28 bits per heavy atom. The molecule has 208 valence electrons. The third-order valence-corrected chi connectivity index (χ3v) is 7.23. The molecule has 0 amide bonds. The Bertz CT molecular complexity index is 1500. The fourth-order valence-electron chi connectivity index (χ4n) is 5.58. The van der Waals surface area contributed by atoms with E-state index in [4.69, 9.17) is 13.9 Å². The summed E-state index contributed by atoms with van der Waals surface area (Å²) >= 11 is 0. The number of benzene rings is 1. The number of rotatable bonds is 5. The maximum atomic E-state index is 13.7. The molecular weight excluding hydrogens is 498 g/mol. The lowest BCUT2D eigenvalue weighted by Crippen LogP contribution is -2.38. The Hall–Kier alpha value is -3.68. The van der Waals surface area contributed by atoms with Crippen molar-refractivity contribution < 1.29 is 28.3 Å². The van der Waals surface area contributed by atoms with Crippen LogP contribution >= 0.6 is 0 Å². The molecule has 4 rings (SSSR count). The van der Waals surface area contributed by atoms with Gasteiger partial charge < -0.3 is 19.2 Å². The monoisotopic (exact) mass is 535 g/mol. The molecule has 0 saturated carbocycles. The van der Waals surface area contributed by atoms with Crippen molar-refractivity contribution in [1.29, 1.82) is 0 Å². The first-order chi connectivity index (χ1) is 18.2. The highest BCUT2D eigenvalue weighted by Crippen LogP contribution is 2.48. The van der Waals surface area contributed by atoms with E-state index in [-0.39, 0.29) is 30.0 Å². The topological polar surface area (TPSA) is 112 Å². The van der Waals surface area contributed by atoms with Gasteiger partial charge in [0.2, 0.25) is 0 Å². The fourth-order valence-corrected chi connectivity index (χ4v) is 5.58. The van der Waals surface area contributed by atoms with E-state index in [2.05, 4.69) is 19.2 Å². The molecule has 2 aliphatic rings. The Labute approximate surface area is 228 Å². The Balaban J connectivity index is 2.06. The molecule has 1 aromatic heterocycles. The van der Waals surface area contributed by atoms with Crippen molar-refractivity contribution in [3.8, 4) is 0 Å². The van der Waals surface area contributed by atoms with E-state index in [1.807, 2.05) is 33.8 Å². The standard InChI is InChI=1S/C31H37NO7/c1-9-37-27(34)19-12-18-11-17(13-20(30(4,5)6)26(18)39-28(19)35)24-23(29(36)38-10-2)16(3)32-21-14-31(7,8)15-22(33)25(21)24/h11-13,24,32H,9-10,14-15H2,1-8H3. The van der Waals surface area contributed by atoms with E-state index in [0.29, 0.717) is 51.8 Å². The summed E-state index contributed by atoms with van der Waals surface area (Å²) in [5.41, 5.74) is 2.40. The van der Waals surface area contributed by atoms with Gasteiger partial charge in [-0.15, -0.1) is 0 Å². The number of hydrogen-bond donors (Lipinski definition) is 1. The molecule has 2 aromatic rings. The quantitative estimate of drug-likeness (QED) is 0.398. The fraction of sp³-hybridized carbons (Fsp3) is 0.484. The van der Waals surface area contributed by atoms with Crippen LogP contribution in [0.15, 0.2) is 50.0 Å². The number of hydrogen-bond acceptors (Lipinski definition) is 8. The predicted octanol–water partition coefficient (Wildman–Crippen LogP) is 5.43. The molecule has 0 saturated heterocycles. The molecule has 1 aliphatic heterocycles. The average Bonchev–Trinajstić information content (AvgIpc) is 2.80. The minimum Gasteiger partial charge on any atom is -0.463 e. The van der Waals surface area contributed by atoms with Gasteiger partial charge in [-0.25, -0.2) is 14.4 Å². The van der Waals surface area contributed by atoms with E-state index in [1.165, 1.54) is 6.07 Å². The third kappa shape index (κ3) is 5.29. The molecule has 8 nitrogen and oxygen atoms in total. The van der Waals surface area contributed by atoms with Crippen LogP contribution < -0.4 is 10.9 Å². The van der Waals surface area contributed by atoms with Gasteiger partial charge >= 0.3 is 17.6 Å². The Kier molecular flexibility index (Phi) is 7.36. The molecule has 1 N–H and O–H groups in total. The molecule has 1 unspecified atom stereocenters. The van der Waals surface area contributed by atoms with Crippen LogP contribution in [0.4, 0.5) is 0 Å². The SMILES string of the molecule is CCOC(=O)C1=C(C)NC2=C(C(=O)CC(C)(C)C2)C1c1cc(C(C)(C)C)c2oc(=O)c(C(=O)OCC)cc2c1. The van der Waals surface area contributed by atoms with Crippen LogP contribution in [-0.2, 0) is 24.5 Å². The minimum atomic E-state index is -0.779. The zero-order valence-electron chi connectivity index (χ0n) is 24.0. The summed E-state index contributed by atoms with van der Waals surface area (Å²) in [6.07, 6.45) is 1.00. The van der Waals surface area contributed by atoms with Crippen molar-refractivity contribution >= 4 is 28.7 Å². The molecule has 1 aromatic carbocycles. The molecule has 0 bridgehead atoms. The smallest absolute Gasteiger partial charge is 0.351 e. The van der Waals surface area contributed by atoms with Gasteiger partial charge in [-0.3, -0.25) is 4.79 Å². The lowest BCUT2D eigenvalue weighted by Gasteiger charge is -2.39. The van der Waals surface area contributed by atoms with Crippen molar-refractivity contribution in [1.82, 2.24) is 5.32 Å². The first kappa shape index (κ1) is 28.3. The van der Waals surface area contributed by atoms with Crippen molar-refractivity contribution in [3.05, 3.63) is 67.8 Å². The summed E-state index contributed by atoms with van der Waals surface area (Å²) in [4.78, 5) is 52.3. The van der Waals surface area contributed by atoms with Crippen LogP contribution in [0, 0.1) is 5.41 Å². The zero-order chi connectivity index (χ0) is 28.9. The number of esters is 2. The number of allylic oxidation sites excluding steroid dienone is 3. The summed E-state index contributed by atoms with van der Waals surface area (Å²) in [5, 5.41) is 3.84. The highest BCUT2D eigenvalue weighted by molar-refractivity contribution is 6.04. The predicted molar refractivity (Wildman–Crippen MR) is 147 cm³/mol. The van der Waals surface area contributed by atoms with E-state index >= 15 is 0 Å². The number of carbonyl (C=O) groups excluding carboxylic acids is 3. The van der Waals surface area contributed by atoms with Gasteiger partial charge in [0, 0.05) is 40.3 Å². The lowest BCUT2D eigenvalue weighted by molar-refractivity contribution is -0.138. The summed E-state index contributed by atoms with van der Waals surface area (Å²) in [7, 11) is 0. The van der Waals surface area contributed by atoms with Crippen LogP contribution in [0.5, 0.6) is 0 Å². The highest BCUT2D eigenvalue weighted by atomic mass is 16.5. The van der Waals surface area contributed by atoms with Gasteiger partial charge in [0.05, 0.1) is 18.8 Å². The van der Waals surface area contributed by atoms with Crippen LogP contribution in [0.2, 0.25) is 0 Å². The number of dihydropyridines is 1. The Morgan fingerprint density at radius 1 is 1.03 bits per heavy atom. The van der Waals surface area contributed by atoms with Crippen molar-refractivity contribution in [2.24, 2.45) is 5.41 Å². The van der Waals surface area contributed by atoms with Gasteiger partial charge in [-0.2, -0.15) is 0 Å². The van der Waals surface area contributed by atoms with Gasteiger partial charge in [0.1, 0.15) is 11.1 Å². The number of carbonyl (C=O) groups is 3. The first-order valence-electron chi connectivity index (χ1n) is 13.4. The number of ketones is 1. The van der Waals surface area contributed by atoms with Crippen molar-refractivity contribution in [2.45, 2.75) is 79.6 Å². The number of fused-ring (bicyclic) bond motifs is 1. The van der Waals surface area contributed by atoms with Crippen LogP contribution in [0.25, 0.3) is 11.0 Å². The van der Waals surface area contributed by atoms with E-state index in [1.54, 1.807) is 19.9 Å². The second-order valence-electron chi connectivity index (χ2n) is 12.1. The number of nitrogens with one attached hydrogen (secondary N) is 1. The zero-order valence-corrected chi connectivity index (χ0v) is 24.0. The largest absolute Gasteiger partial charge is 0.463 e. The summed E-state index contributed by atoms with van der Waals surface area (Å²) in [5.74, 6) is -1.99. The van der Waals surface area contributed by atoms with Gasteiger partial charge in [-0.05, 0) is 55.7 Å². The lowest BCUT2D eigenvalue weighted by atomic mass is 9.68. The third-order valence-electron chi connectivity index (χ3n) is 7.23. The van der Waals surface area contributed by atoms with E-state index in [0.717, 1.165) is 5.70 Å². The molecule has 0 fully saturated rings. The second kappa shape index (κ2) is 10.1. The van der Waals surface area contributed by atoms with Gasteiger partial charge in [0.15, 0.2) is 5.78 Å². The van der Waals surface area contributed by atoms with Gasteiger partial charge in [0.25, 0.3) is 0 Å². The summed E-state index contributed by atoms with van der Waals surface area (Å²) in [6.45, 7) is 15.6. The summed E-state index contributed by atoms with van der Waals surface area (Å²) < 4.78 is 16.2. The molecule has 0 spiro atoms. The second-order valence-corrected chi connectivity index (χ2v) is 12.1. The van der Waals surface area contributed by atoms with E-state index in [9.17, 15) is 19.2 Å². The summed E-state index contributed by atoms with van der Waals surface area (Å²) in [6, 6.07) is 5.16. The minimum absolute atomic E-state index is 0.0303. The molecule has 1 aliphatic carbocycles. The maximum Gasteiger partial charge on any atom is 0.351 e. The molecule has 2 heterocycles. The molecule has 8 heteroatoms. The van der Waals surface area contributed by atoms with Crippen LogP contribution in [0.3, 0.4) is 0 Å². The molecule has 1 atom stereocenters. The highest BCUT2D eigenvalue weighted by Gasteiger charge is 2.43. The molecule has 39 heavy (non-hydrogen) atoms. The van der Waals surface area contributed by atoms with Gasteiger partial charge in [-0.1, -0.05) is 40.7 Å². The first-order valence-corrected chi connectivity index (χ1v) is 13.4. The average molecular weight is 536 g/mol. The number of ether oxygens (including phenoxy) is 2. The number of Topliss-reactive ketones (excluding diaryl/α,β-unsaturated/α-hetero) is 1. The molecular formula is C31H37NO7. The van der Waals surface area contributed by atoms with Crippen molar-refractivity contribution in [2.75, 3.05) is 13.2 Å². The van der Waals surface area contributed by atoms with Crippen molar-refractivity contribution in [3.63, 3.8) is 0 Å².